The van der Waals surface area contributed by atoms with Crippen LogP contribution in [0.3, 0.4) is 0 Å². The van der Waals surface area contributed by atoms with E-state index in [-0.39, 0.29) is 24.4 Å². The highest BCUT2D eigenvalue weighted by molar-refractivity contribution is 8.93. The molecule has 0 spiro atoms. The number of fused-ring (bicyclic) bond motifs is 2. The summed E-state index contributed by atoms with van der Waals surface area (Å²) in [4.78, 5) is 10.9. The van der Waals surface area contributed by atoms with Gasteiger partial charge in [0.25, 0.3) is 16.6 Å². The van der Waals surface area contributed by atoms with Crippen LogP contribution in [0.4, 0.5) is 0 Å². The van der Waals surface area contributed by atoms with Gasteiger partial charge in [-0.05, 0) is 133 Å². The van der Waals surface area contributed by atoms with Gasteiger partial charge in [0.1, 0.15) is 33.7 Å². The molecular weight excluding hydrogens is 936 g/mol. The summed E-state index contributed by atoms with van der Waals surface area (Å²) in [7, 11) is -4.70. The molecule has 0 aliphatic carbocycles. The molecule has 0 N–H and O–H groups in total. The first-order chi connectivity index (χ1) is 31.1. The Morgan fingerprint density at radius 1 is 0.418 bits per heavy atom. The summed E-state index contributed by atoms with van der Waals surface area (Å²) in [5.74, 6) is 1.98. The quantitative estimate of drug-likeness (QED) is 0.0444. The van der Waals surface area contributed by atoms with Gasteiger partial charge in [-0.3, -0.25) is 4.79 Å². The molecule has 0 aliphatic rings. The largest absolute Gasteiger partial charge is 0.543 e. The number of halogens is 1. The van der Waals surface area contributed by atoms with Crippen LogP contribution in [0.1, 0.15) is 99.0 Å². The van der Waals surface area contributed by atoms with E-state index in [1.54, 1.807) is 0 Å². The van der Waals surface area contributed by atoms with Crippen molar-refractivity contribution in [3.05, 3.63) is 189 Å². The summed E-state index contributed by atoms with van der Waals surface area (Å²) >= 11 is 0. The van der Waals surface area contributed by atoms with E-state index >= 15 is 0 Å². The molecule has 0 bridgehead atoms. The lowest BCUT2D eigenvalue weighted by molar-refractivity contribution is 0.112. The summed E-state index contributed by atoms with van der Waals surface area (Å²) in [6.07, 6.45) is 2.77. The van der Waals surface area contributed by atoms with Crippen LogP contribution in [0.15, 0.2) is 170 Å². The second-order valence-corrected chi connectivity index (χ2v) is 32.4. The highest BCUT2D eigenvalue weighted by atomic mass is 79.9. The Morgan fingerprint density at radius 2 is 0.701 bits per heavy atom. The Labute approximate surface area is 419 Å². The van der Waals surface area contributed by atoms with Gasteiger partial charge in [0, 0.05) is 5.56 Å². The molecule has 7 aromatic rings. The van der Waals surface area contributed by atoms with Crippen LogP contribution in [0.5, 0.6) is 11.5 Å². The Kier molecular flexibility index (Phi) is 22.2. The molecule has 7 rings (SSSR count). The minimum Gasteiger partial charge on any atom is -0.543 e. The van der Waals surface area contributed by atoms with Crippen molar-refractivity contribution in [2.75, 3.05) is 0 Å². The van der Waals surface area contributed by atoms with Crippen LogP contribution in [-0.2, 0) is 0 Å². The molecular formula is C60H78BrO3PSi2. The fourth-order valence-corrected chi connectivity index (χ4v) is 23.3. The van der Waals surface area contributed by atoms with Gasteiger partial charge in [-0.1, -0.05) is 187 Å². The van der Waals surface area contributed by atoms with Crippen molar-refractivity contribution in [2.45, 2.75) is 116 Å². The molecule has 67 heavy (non-hydrogen) atoms. The van der Waals surface area contributed by atoms with Crippen molar-refractivity contribution in [2.24, 2.45) is 0 Å². The van der Waals surface area contributed by atoms with E-state index < -0.39 is 24.6 Å². The first-order valence-corrected chi connectivity index (χ1v) is 29.4. The Morgan fingerprint density at radius 3 is 1.00 bits per heavy atom. The number of carbonyl (C=O) groups is 1. The van der Waals surface area contributed by atoms with Crippen LogP contribution in [0, 0.1) is 7.43 Å². The topological polar surface area (TPSA) is 35.5 Å². The Hall–Kier alpha value is -4.59. The van der Waals surface area contributed by atoms with Gasteiger partial charge < -0.3 is 16.3 Å². The lowest BCUT2D eigenvalue weighted by atomic mass is 10.1. The van der Waals surface area contributed by atoms with Crippen LogP contribution in [-0.4, -0.2) is 22.9 Å². The first-order valence-electron chi connectivity index (χ1n) is 23.6. The maximum Gasteiger partial charge on any atom is 0.258 e. The van der Waals surface area contributed by atoms with Crippen molar-refractivity contribution in [1.82, 2.24) is 0 Å². The Balaban J connectivity index is 0.000000264. The number of carbonyl (C=O) groups excluding carboxylic acids is 1. The van der Waals surface area contributed by atoms with Crippen molar-refractivity contribution in [3.63, 3.8) is 0 Å². The molecule has 0 saturated heterocycles. The minimum absolute atomic E-state index is 0. The molecule has 0 aromatic heterocycles. The predicted octanol–water partition coefficient (Wildman–Crippen LogP) is 17.4. The van der Waals surface area contributed by atoms with Crippen molar-refractivity contribution in [1.29, 1.82) is 0 Å². The van der Waals surface area contributed by atoms with Crippen molar-refractivity contribution < 1.29 is 13.6 Å². The zero-order valence-corrected chi connectivity index (χ0v) is 47.3. The number of rotatable bonds is 15. The highest BCUT2D eigenvalue weighted by Gasteiger charge is 2.48. The molecule has 0 unspecified atom stereocenters. The smallest absolute Gasteiger partial charge is 0.258 e. The SMILES string of the molecule is Br.C=Cc1ccc2cc(O[Si](C(C)C)(C(C)C)C(C)C)ccc2c1.CC(C)[Si](Oc1ccc2cc(C=O)ccc2c1)(C(C)C)C(C)C.[CH3-].c1ccc([PH+](c2ccccc2)c2ccccc2)cc1. The van der Waals surface area contributed by atoms with Gasteiger partial charge >= 0.3 is 0 Å². The van der Waals surface area contributed by atoms with E-state index in [9.17, 15) is 4.79 Å². The average molecular weight is 1010 g/mol. The van der Waals surface area contributed by atoms with Gasteiger partial charge in [-0.25, -0.2) is 0 Å². The van der Waals surface area contributed by atoms with Gasteiger partial charge in [-0.15, -0.1) is 17.0 Å². The number of benzene rings is 7. The van der Waals surface area contributed by atoms with Crippen LogP contribution in [0.2, 0.25) is 33.2 Å². The summed E-state index contributed by atoms with van der Waals surface area (Å²) in [5, 5.41) is 8.97. The predicted molar refractivity (Wildman–Crippen MR) is 310 cm³/mol. The van der Waals surface area contributed by atoms with Gasteiger partial charge in [0.05, 0.1) is 7.92 Å². The number of aldehydes is 1. The monoisotopic (exact) mass is 1010 g/mol. The summed E-state index contributed by atoms with van der Waals surface area (Å²) in [6, 6.07) is 57.4. The molecule has 356 valence electrons. The van der Waals surface area contributed by atoms with Crippen molar-refractivity contribution in [3.8, 4) is 11.5 Å². The van der Waals surface area contributed by atoms with Gasteiger partial charge in [0.15, 0.2) is 0 Å². The molecule has 0 radical (unpaired) electrons. The van der Waals surface area contributed by atoms with Gasteiger partial charge in [-0.2, -0.15) is 0 Å². The van der Waals surface area contributed by atoms with Crippen LogP contribution in [0.25, 0.3) is 27.6 Å². The standard InChI is InChI=1S/C21H30OSi.C20H28O2Si.C18H15P.CH3.BrH/c1-8-18-9-10-20-14-21(12-11-19(20)13-18)22-23(15(2)3,16(4)5)17(6)7;1-14(2)23(15(3)4,16(5)6)22-20-10-9-18-11-17(13-21)7-8-19(18)12-20;1-4-10-16(11-5-1)19(17-12-6-2-7-13-17)18-14-8-3-9-15-18;;/h8-17H,1H2,2-7H3;7-16H,1-6H3;1-15H;1H3;1H/q;;;-1;/p+1. The molecule has 0 atom stereocenters. The summed E-state index contributed by atoms with van der Waals surface area (Å²) in [6.45, 7) is 31.6. The Bertz CT molecular complexity index is 2320. The zero-order chi connectivity index (χ0) is 47.3. The third-order valence-corrected chi connectivity index (χ3v) is 28.0. The molecule has 3 nitrogen and oxygen atoms in total. The third kappa shape index (κ3) is 13.8. The number of hydrogen-bond donors (Lipinski definition) is 0. The lowest BCUT2D eigenvalue weighted by Gasteiger charge is -2.42. The molecule has 0 amide bonds. The average Bonchev–Trinajstić information content (AvgIpc) is 3.30. The second kappa shape index (κ2) is 26.2. The minimum atomic E-state index is -1.93. The van der Waals surface area contributed by atoms with E-state index in [1.165, 1.54) is 26.7 Å². The molecule has 0 saturated carbocycles. The maximum absolute atomic E-state index is 10.9. The fourth-order valence-electron chi connectivity index (χ4n) is 10.2. The van der Waals surface area contributed by atoms with Gasteiger partial charge in [0.2, 0.25) is 0 Å². The normalized spacial score (nSPS) is 11.5. The number of hydrogen-bond acceptors (Lipinski definition) is 3. The zero-order valence-electron chi connectivity index (χ0n) is 42.5. The molecule has 7 aromatic carbocycles. The molecule has 7 heteroatoms. The van der Waals surface area contributed by atoms with E-state index in [2.05, 4.69) is 229 Å². The van der Waals surface area contributed by atoms with E-state index in [0.717, 1.165) is 34.1 Å². The second-order valence-electron chi connectivity index (χ2n) is 19.2. The van der Waals surface area contributed by atoms with Crippen LogP contribution < -0.4 is 24.8 Å². The fraction of sp³-hybridized carbons (Fsp3) is 0.300. The first kappa shape index (κ1) is 56.7. The van der Waals surface area contributed by atoms with Crippen LogP contribution >= 0.6 is 24.9 Å². The molecule has 0 heterocycles. The van der Waals surface area contributed by atoms with E-state index in [1.807, 2.05) is 30.3 Å². The van der Waals surface area contributed by atoms with E-state index in [0.29, 0.717) is 38.8 Å². The summed E-state index contributed by atoms with van der Waals surface area (Å²) in [5.41, 5.74) is 5.27. The summed E-state index contributed by atoms with van der Waals surface area (Å²) < 4.78 is 13.5. The lowest BCUT2D eigenvalue weighted by Crippen LogP contribution is -2.50. The highest BCUT2D eigenvalue weighted by Crippen LogP contribution is 2.44. The molecule has 0 fully saturated rings. The van der Waals surface area contributed by atoms with Crippen molar-refractivity contribution >= 4 is 91.4 Å². The van der Waals surface area contributed by atoms with E-state index in [4.69, 9.17) is 8.85 Å². The molecule has 0 aliphatic heterocycles. The third-order valence-electron chi connectivity index (χ3n) is 13.2. The maximum atomic E-state index is 10.9.